The van der Waals surface area contributed by atoms with Crippen molar-refractivity contribution in [1.29, 1.82) is 5.26 Å². The number of nitrogens with zero attached hydrogens (tertiary/aromatic N) is 2. The molecule has 0 fully saturated rings. The number of hydrogen-bond acceptors (Lipinski definition) is 4. The summed E-state index contributed by atoms with van der Waals surface area (Å²) in [4.78, 5) is 3.99. The van der Waals surface area contributed by atoms with Gasteiger partial charge in [-0.05, 0) is 6.07 Å². The molecule has 1 heterocycles. The van der Waals surface area contributed by atoms with Crippen molar-refractivity contribution < 1.29 is 13.5 Å². The molecule has 0 aliphatic rings. The van der Waals surface area contributed by atoms with E-state index in [4.69, 9.17) is 15.7 Å². The number of hydrogen-bond donors (Lipinski definition) is 1. The molecule has 0 saturated heterocycles. The molecule has 0 aliphatic heterocycles. The van der Waals surface area contributed by atoms with E-state index in [-0.39, 0.29) is 30.0 Å². The molecular weight excluding hydrogens is 216 g/mol. The molecule has 0 spiro atoms. The fourth-order valence-corrected chi connectivity index (χ4v) is 1.37. The SMILES string of the molecule is COc1c(C(F)F)cc(CN)nc1CC#N. The highest BCUT2D eigenvalue weighted by molar-refractivity contribution is 5.41. The minimum absolute atomic E-state index is 0.0336. The van der Waals surface area contributed by atoms with Gasteiger partial charge in [0.05, 0.1) is 36.6 Å². The molecular formula is C10H11F2N3O. The van der Waals surface area contributed by atoms with Crippen LogP contribution >= 0.6 is 0 Å². The molecule has 4 nitrogen and oxygen atoms in total. The summed E-state index contributed by atoms with van der Waals surface area (Å²) in [5, 5.41) is 8.57. The third-order valence-corrected chi connectivity index (χ3v) is 2.02. The van der Waals surface area contributed by atoms with Gasteiger partial charge in [0, 0.05) is 6.54 Å². The highest BCUT2D eigenvalue weighted by Gasteiger charge is 2.19. The van der Waals surface area contributed by atoms with Crippen LogP contribution in [0, 0.1) is 11.3 Å². The molecule has 6 heteroatoms. The van der Waals surface area contributed by atoms with Crippen molar-refractivity contribution in [2.24, 2.45) is 5.73 Å². The number of nitriles is 1. The van der Waals surface area contributed by atoms with E-state index in [1.165, 1.54) is 13.2 Å². The largest absolute Gasteiger partial charge is 0.494 e. The Morgan fingerprint density at radius 2 is 2.31 bits per heavy atom. The quantitative estimate of drug-likeness (QED) is 0.847. The lowest BCUT2D eigenvalue weighted by atomic mass is 10.1. The zero-order chi connectivity index (χ0) is 12.1. The van der Waals surface area contributed by atoms with Crippen LogP contribution in [0.1, 0.15) is 23.4 Å². The summed E-state index contributed by atoms with van der Waals surface area (Å²) in [5.74, 6) is -0.0336. The van der Waals surface area contributed by atoms with Gasteiger partial charge in [-0.2, -0.15) is 5.26 Å². The lowest BCUT2D eigenvalue weighted by Gasteiger charge is -2.12. The third-order valence-electron chi connectivity index (χ3n) is 2.02. The lowest BCUT2D eigenvalue weighted by Crippen LogP contribution is -2.07. The van der Waals surface area contributed by atoms with E-state index in [2.05, 4.69) is 4.98 Å². The lowest BCUT2D eigenvalue weighted by molar-refractivity contribution is 0.146. The van der Waals surface area contributed by atoms with Gasteiger partial charge in [-0.25, -0.2) is 8.78 Å². The van der Waals surface area contributed by atoms with Crippen LogP contribution in [-0.4, -0.2) is 12.1 Å². The molecule has 2 N–H and O–H groups in total. The number of methoxy groups -OCH3 is 1. The van der Waals surface area contributed by atoms with E-state index >= 15 is 0 Å². The minimum atomic E-state index is -2.68. The van der Waals surface area contributed by atoms with Crippen molar-refractivity contribution in [1.82, 2.24) is 4.98 Å². The Balaban J connectivity index is 3.35. The van der Waals surface area contributed by atoms with Gasteiger partial charge >= 0.3 is 0 Å². The monoisotopic (exact) mass is 227 g/mol. The zero-order valence-electron chi connectivity index (χ0n) is 8.70. The van der Waals surface area contributed by atoms with Crippen molar-refractivity contribution in [3.8, 4) is 11.8 Å². The molecule has 0 saturated carbocycles. The summed E-state index contributed by atoms with van der Waals surface area (Å²) in [6, 6.07) is 3.05. The Morgan fingerprint density at radius 3 is 2.75 bits per heavy atom. The van der Waals surface area contributed by atoms with E-state index < -0.39 is 6.43 Å². The second kappa shape index (κ2) is 5.37. The Labute approximate surface area is 91.7 Å². The van der Waals surface area contributed by atoms with Crippen molar-refractivity contribution in [3.05, 3.63) is 23.0 Å². The maximum Gasteiger partial charge on any atom is 0.267 e. The molecule has 1 aromatic heterocycles. The van der Waals surface area contributed by atoms with Crippen molar-refractivity contribution in [3.63, 3.8) is 0 Å². The first-order valence-electron chi connectivity index (χ1n) is 4.55. The number of pyridine rings is 1. The fraction of sp³-hybridized carbons (Fsp3) is 0.400. The normalized spacial score (nSPS) is 10.2. The van der Waals surface area contributed by atoms with Crippen LogP contribution in [-0.2, 0) is 13.0 Å². The first-order chi connectivity index (χ1) is 7.63. The predicted molar refractivity (Wildman–Crippen MR) is 53.0 cm³/mol. The summed E-state index contributed by atoms with van der Waals surface area (Å²) in [5.41, 5.74) is 5.59. The molecule has 86 valence electrons. The van der Waals surface area contributed by atoms with Gasteiger partial charge in [-0.3, -0.25) is 4.98 Å². The van der Waals surface area contributed by atoms with Crippen LogP contribution in [0.25, 0.3) is 0 Å². The van der Waals surface area contributed by atoms with Gasteiger partial charge in [0.15, 0.2) is 0 Å². The standard InChI is InChI=1S/C10H11F2N3O/c1-16-9-7(10(11)12)4-6(5-14)15-8(9)2-3-13/h4,10H,2,5,14H2,1H3. The van der Waals surface area contributed by atoms with E-state index in [0.717, 1.165) is 0 Å². The minimum Gasteiger partial charge on any atom is -0.494 e. The van der Waals surface area contributed by atoms with Gasteiger partial charge in [0.1, 0.15) is 5.75 Å². The van der Waals surface area contributed by atoms with Crippen LogP contribution in [0.5, 0.6) is 5.75 Å². The van der Waals surface area contributed by atoms with Crippen LogP contribution in [0.2, 0.25) is 0 Å². The molecule has 0 amide bonds. The maximum atomic E-state index is 12.7. The number of halogens is 2. The Bertz CT molecular complexity index is 415. The van der Waals surface area contributed by atoms with Crippen molar-refractivity contribution in [2.75, 3.05) is 7.11 Å². The van der Waals surface area contributed by atoms with Crippen molar-refractivity contribution in [2.45, 2.75) is 19.4 Å². The highest BCUT2D eigenvalue weighted by atomic mass is 19.3. The molecule has 0 bridgehead atoms. The summed E-state index contributed by atoms with van der Waals surface area (Å²) >= 11 is 0. The molecule has 0 atom stereocenters. The molecule has 0 aromatic carbocycles. The summed E-state index contributed by atoms with van der Waals surface area (Å²) < 4.78 is 30.3. The summed E-state index contributed by atoms with van der Waals surface area (Å²) in [6.07, 6.45) is -2.77. The van der Waals surface area contributed by atoms with E-state index in [1.54, 1.807) is 0 Å². The molecule has 1 aromatic rings. The first kappa shape index (κ1) is 12.3. The number of alkyl halides is 2. The first-order valence-corrected chi connectivity index (χ1v) is 4.55. The molecule has 0 aliphatic carbocycles. The summed E-state index contributed by atoms with van der Waals surface area (Å²) in [7, 11) is 1.27. The maximum absolute atomic E-state index is 12.7. The smallest absolute Gasteiger partial charge is 0.267 e. The number of rotatable bonds is 4. The molecule has 16 heavy (non-hydrogen) atoms. The van der Waals surface area contributed by atoms with Crippen LogP contribution in [0.4, 0.5) is 8.78 Å². The van der Waals surface area contributed by atoms with Gasteiger partial charge < -0.3 is 10.5 Å². The van der Waals surface area contributed by atoms with Crippen LogP contribution in [0.15, 0.2) is 6.07 Å². The van der Waals surface area contributed by atoms with Gasteiger partial charge in [0.2, 0.25) is 0 Å². The third kappa shape index (κ3) is 2.44. The van der Waals surface area contributed by atoms with Crippen LogP contribution < -0.4 is 10.5 Å². The van der Waals surface area contributed by atoms with E-state index in [1.807, 2.05) is 6.07 Å². The molecule has 1 rings (SSSR count). The second-order valence-electron chi connectivity index (χ2n) is 3.02. The fourth-order valence-electron chi connectivity index (χ4n) is 1.37. The summed E-state index contributed by atoms with van der Waals surface area (Å²) in [6.45, 7) is 0.0438. The number of aromatic nitrogens is 1. The molecule has 0 radical (unpaired) electrons. The average molecular weight is 227 g/mol. The zero-order valence-corrected chi connectivity index (χ0v) is 8.70. The van der Waals surface area contributed by atoms with Gasteiger partial charge in [-0.1, -0.05) is 0 Å². The average Bonchev–Trinajstić information content (AvgIpc) is 2.28. The van der Waals surface area contributed by atoms with Crippen LogP contribution in [0.3, 0.4) is 0 Å². The number of nitrogens with two attached hydrogens (primary N) is 1. The second-order valence-corrected chi connectivity index (χ2v) is 3.02. The highest BCUT2D eigenvalue weighted by Crippen LogP contribution is 2.32. The van der Waals surface area contributed by atoms with Gasteiger partial charge in [-0.15, -0.1) is 0 Å². The van der Waals surface area contributed by atoms with E-state index in [9.17, 15) is 8.78 Å². The Kier molecular flexibility index (Phi) is 4.14. The Hall–Kier alpha value is -1.74. The predicted octanol–water partition coefficient (Wildman–Crippen LogP) is 1.55. The Morgan fingerprint density at radius 1 is 1.62 bits per heavy atom. The van der Waals surface area contributed by atoms with Gasteiger partial charge in [0.25, 0.3) is 6.43 Å². The topological polar surface area (TPSA) is 71.9 Å². The van der Waals surface area contributed by atoms with Crippen molar-refractivity contribution >= 4 is 0 Å². The van der Waals surface area contributed by atoms with E-state index in [0.29, 0.717) is 5.69 Å². The number of ether oxygens (including phenoxy) is 1. The molecule has 0 unspecified atom stereocenters.